The molecule has 3 N–H and O–H groups in total. The number of amides is 2. The minimum Gasteiger partial charge on any atom is -0.472 e. The molecule has 0 radical (unpaired) electrons. The van der Waals surface area contributed by atoms with Gasteiger partial charge in [0.05, 0.1) is 25.0 Å². The second-order valence-corrected chi connectivity index (χ2v) is 6.61. The largest absolute Gasteiger partial charge is 0.472 e. The van der Waals surface area contributed by atoms with E-state index < -0.39 is 6.04 Å². The average Bonchev–Trinajstić information content (AvgIpc) is 3.15. The van der Waals surface area contributed by atoms with Crippen LogP contribution in [0.3, 0.4) is 0 Å². The van der Waals surface area contributed by atoms with E-state index in [0.29, 0.717) is 32.7 Å². The van der Waals surface area contributed by atoms with E-state index >= 15 is 0 Å². The highest BCUT2D eigenvalue weighted by molar-refractivity contribution is 5.88. The summed E-state index contributed by atoms with van der Waals surface area (Å²) in [4.78, 5) is 30.8. The van der Waals surface area contributed by atoms with Crippen LogP contribution in [-0.2, 0) is 16.1 Å². The fraction of sp³-hybridized carbons (Fsp3) is 0.421. The van der Waals surface area contributed by atoms with Crippen molar-refractivity contribution in [2.75, 3.05) is 31.5 Å². The van der Waals surface area contributed by atoms with Gasteiger partial charge in [0.2, 0.25) is 11.8 Å². The van der Waals surface area contributed by atoms with E-state index in [9.17, 15) is 9.59 Å². The molecule has 1 fully saturated rings. The number of nitrogens with one attached hydrogen (secondary N) is 3. The molecule has 3 rings (SSSR count). The van der Waals surface area contributed by atoms with Crippen LogP contribution in [0.2, 0.25) is 0 Å². The number of nitrogens with zero attached hydrogens (tertiary/aromatic N) is 2. The van der Waals surface area contributed by atoms with Crippen molar-refractivity contribution in [2.45, 2.75) is 25.9 Å². The molecule has 0 aromatic carbocycles. The molecule has 1 atom stereocenters. The third-order valence-electron chi connectivity index (χ3n) is 4.45. The molecule has 0 bridgehead atoms. The van der Waals surface area contributed by atoms with Crippen LogP contribution in [0, 0.1) is 6.92 Å². The summed E-state index contributed by atoms with van der Waals surface area (Å²) in [6.45, 7) is 4.90. The number of anilines is 1. The molecule has 8 heteroatoms. The highest BCUT2D eigenvalue weighted by Crippen LogP contribution is 2.14. The Morgan fingerprint density at radius 2 is 2.30 bits per heavy atom. The molecular formula is C19H25N5O3. The number of aryl methyl sites for hydroxylation is 1. The minimum absolute atomic E-state index is 0.109. The molecule has 2 aromatic heterocycles. The van der Waals surface area contributed by atoms with Crippen molar-refractivity contribution in [2.24, 2.45) is 0 Å². The van der Waals surface area contributed by atoms with Gasteiger partial charge in [-0.15, -0.1) is 0 Å². The van der Waals surface area contributed by atoms with Crippen molar-refractivity contribution in [3.63, 3.8) is 0 Å². The Morgan fingerprint density at radius 3 is 3.07 bits per heavy atom. The topological polar surface area (TPSA) is 99.5 Å². The first kappa shape index (κ1) is 18.9. The third kappa shape index (κ3) is 5.55. The number of pyridine rings is 1. The summed E-state index contributed by atoms with van der Waals surface area (Å²) in [6.07, 6.45) is 5.14. The van der Waals surface area contributed by atoms with Gasteiger partial charge in [-0.3, -0.25) is 14.5 Å². The van der Waals surface area contributed by atoms with Gasteiger partial charge in [-0.1, -0.05) is 0 Å². The maximum atomic E-state index is 12.3. The molecule has 0 unspecified atom stereocenters. The van der Waals surface area contributed by atoms with E-state index in [-0.39, 0.29) is 18.2 Å². The van der Waals surface area contributed by atoms with Gasteiger partial charge >= 0.3 is 0 Å². The molecule has 2 amide bonds. The smallest absolute Gasteiger partial charge is 0.237 e. The van der Waals surface area contributed by atoms with Crippen molar-refractivity contribution in [3.8, 4) is 0 Å². The Labute approximate surface area is 158 Å². The summed E-state index contributed by atoms with van der Waals surface area (Å²) >= 11 is 0. The van der Waals surface area contributed by atoms with Gasteiger partial charge in [0, 0.05) is 44.5 Å². The molecular weight excluding hydrogens is 346 g/mol. The van der Waals surface area contributed by atoms with Crippen molar-refractivity contribution in [3.05, 3.63) is 48.0 Å². The number of hydrogen-bond acceptors (Lipinski definition) is 6. The van der Waals surface area contributed by atoms with Gasteiger partial charge in [-0.05, 0) is 30.7 Å². The third-order valence-corrected chi connectivity index (χ3v) is 4.45. The van der Waals surface area contributed by atoms with Crippen LogP contribution in [0.15, 0.2) is 41.3 Å². The predicted molar refractivity (Wildman–Crippen MR) is 101 cm³/mol. The van der Waals surface area contributed by atoms with Gasteiger partial charge in [-0.2, -0.15) is 0 Å². The quantitative estimate of drug-likeness (QED) is 0.597. The normalized spacial score (nSPS) is 17.4. The highest BCUT2D eigenvalue weighted by atomic mass is 16.3. The van der Waals surface area contributed by atoms with E-state index in [0.717, 1.165) is 16.9 Å². The lowest BCUT2D eigenvalue weighted by molar-refractivity contribution is -0.134. The van der Waals surface area contributed by atoms with Crippen LogP contribution in [-0.4, -0.2) is 53.9 Å². The second kappa shape index (κ2) is 9.18. The summed E-state index contributed by atoms with van der Waals surface area (Å²) in [7, 11) is 0. The number of aromatic nitrogens is 1. The summed E-state index contributed by atoms with van der Waals surface area (Å²) in [5.74, 6) is 0.525. The SMILES string of the molecule is Cc1ccnc(NCCNC(=O)C[C@@H]2C(=O)NCCN2Cc2ccoc2)c1. The van der Waals surface area contributed by atoms with Crippen LogP contribution >= 0.6 is 0 Å². The van der Waals surface area contributed by atoms with Crippen molar-refractivity contribution in [1.82, 2.24) is 20.5 Å². The van der Waals surface area contributed by atoms with Crippen molar-refractivity contribution < 1.29 is 14.0 Å². The zero-order chi connectivity index (χ0) is 19.1. The highest BCUT2D eigenvalue weighted by Gasteiger charge is 2.31. The van der Waals surface area contributed by atoms with Crippen LogP contribution in [0.25, 0.3) is 0 Å². The van der Waals surface area contributed by atoms with E-state index in [2.05, 4.69) is 20.9 Å². The van der Waals surface area contributed by atoms with Gasteiger partial charge < -0.3 is 20.4 Å². The fourth-order valence-electron chi connectivity index (χ4n) is 3.06. The Bertz CT molecular complexity index is 762. The zero-order valence-corrected chi connectivity index (χ0v) is 15.4. The fourth-order valence-corrected chi connectivity index (χ4v) is 3.06. The number of hydrogen-bond donors (Lipinski definition) is 3. The molecule has 3 heterocycles. The standard InChI is InChI=1S/C19H25N5O3/c1-14-2-4-20-17(10-14)21-5-6-22-18(25)11-16-19(26)23-7-8-24(16)12-15-3-9-27-13-15/h2-4,9-10,13,16H,5-8,11-12H2,1H3,(H,20,21)(H,22,25)(H,23,26)/t16-/m1/s1. The van der Waals surface area contributed by atoms with Crippen LogP contribution in [0.4, 0.5) is 5.82 Å². The lowest BCUT2D eigenvalue weighted by Crippen LogP contribution is -2.56. The lowest BCUT2D eigenvalue weighted by atomic mass is 10.1. The van der Waals surface area contributed by atoms with E-state index in [1.54, 1.807) is 18.7 Å². The summed E-state index contributed by atoms with van der Waals surface area (Å²) < 4.78 is 5.09. The van der Waals surface area contributed by atoms with Crippen molar-refractivity contribution >= 4 is 17.6 Å². The maximum Gasteiger partial charge on any atom is 0.237 e. The Hall–Kier alpha value is -2.87. The lowest BCUT2D eigenvalue weighted by Gasteiger charge is -2.34. The first-order valence-electron chi connectivity index (χ1n) is 9.08. The molecule has 1 aliphatic heterocycles. The summed E-state index contributed by atoms with van der Waals surface area (Å²) in [5.41, 5.74) is 2.11. The molecule has 2 aromatic rings. The van der Waals surface area contributed by atoms with Gasteiger partial charge in [-0.25, -0.2) is 4.98 Å². The molecule has 8 nitrogen and oxygen atoms in total. The monoisotopic (exact) mass is 371 g/mol. The number of piperazine rings is 1. The molecule has 1 saturated heterocycles. The minimum atomic E-state index is -0.472. The number of rotatable bonds is 8. The van der Waals surface area contributed by atoms with E-state index in [4.69, 9.17) is 4.42 Å². The van der Waals surface area contributed by atoms with Crippen LogP contribution < -0.4 is 16.0 Å². The molecule has 144 valence electrons. The molecule has 0 spiro atoms. The zero-order valence-electron chi connectivity index (χ0n) is 15.4. The Balaban J connectivity index is 1.45. The first-order valence-corrected chi connectivity index (χ1v) is 9.08. The second-order valence-electron chi connectivity index (χ2n) is 6.61. The van der Waals surface area contributed by atoms with Gasteiger partial charge in [0.1, 0.15) is 5.82 Å². The maximum absolute atomic E-state index is 12.3. The van der Waals surface area contributed by atoms with Gasteiger partial charge in [0.25, 0.3) is 0 Å². The predicted octanol–water partition coefficient (Wildman–Crippen LogP) is 0.902. The number of carbonyl (C=O) groups excluding carboxylic acids is 2. The summed E-state index contributed by atoms with van der Waals surface area (Å²) in [6, 6.07) is 5.27. The molecule has 1 aliphatic rings. The first-order chi connectivity index (χ1) is 13.1. The van der Waals surface area contributed by atoms with Crippen molar-refractivity contribution in [1.29, 1.82) is 0 Å². The number of furan rings is 1. The van der Waals surface area contributed by atoms with Crippen LogP contribution in [0.1, 0.15) is 17.5 Å². The summed E-state index contributed by atoms with van der Waals surface area (Å²) in [5, 5.41) is 8.86. The molecule has 27 heavy (non-hydrogen) atoms. The van der Waals surface area contributed by atoms with E-state index in [1.165, 1.54) is 0 Å². The number of carbonyl (C=O) groups is 2. The average molecular weight is 371 g/mol. The molecule has 0 aliphatic carbocycles. The Morgan fingerprint density at radius 1 is 1.41 bits per heavy atom. The van der Waals surface area contributed by atoms with Gasteiger partial charge in [0.15, 0.2) is 0 Å². The van der Waals surface area contributed by atoms with Crippen LogP contribution in [0.5, 0.6) is 0 Å². The Kier molecular flexibility index (Phi) is 6.43. The van der Waals surface area contributed by atoms with E-state index in [1.807, 2.05) is 30.0 Å². The molecule has 0 saturated carbocycles.